The SMILES string of the molecule is CCOC(=O)C[C@H](Sc1ccc(Cl)cc1)C(F)(F)F. The smallest absolute Gasteiger partial charge is 0.401 e. The number of hydrogen-bond acceptors (Lipinski definition) is 3. The Balaban J connectivity index is 2.75. The van der Waals surface area contributed by atoms with E-state index in [-0.39, 0.29) is 6.61 Å². The topological polar surface area (TPSA) is 26.3 Å². The largest absolute Gasteiger partial charge is 0.466 e. The number of esters is 1. The lowest BCUT2D eigenvalue weighted by Crippen LogP contribution is -2.29. The van der Waals surface area contributed by atoms with Crippen molar-refractivity contribution in [3.05, 3.63) is 29.3 Å². The molecule has 0 aliphatic rings. The Bertz CT molecular complexity index is 420. The molecule has 0 unspecified atom stereocenters. The highest BCUT2D eigenvalue weighted by atomic mass is 35.5. The van der Waals surface area contributed by atoms with Crippen molar-refractivity contribution < 1.29 is 22.7 Å². The molecule has 7 heteroatoms. The van der Waals surface area contributed by atoms with Crippen LogP contribution in [0.15, 0.2) is 29.2 Å². The van der Waals surface area contributed by atoms with Gasteiger partial charge in [0.2, 0.25) is 0 Å². The maximum Gasteiger partial charge on any atom is 0.401 e. The Morgan fingerprint density at radius 3 is 2.42 bits per heavy atom. The van der Waals surface area contributed by atoms with E-state index in [9.17, 15) is 18.0 Å². The molecule has 19 heavy (non-hydrogen) atoms. The average Bonchev–Trinajstić information content (AvgIpc) is 2.30. The number of ether oxygens (including phenoxy) is 1. The summed E-state index contributed by atoms with van der Waals surface area (Å²) in [4.78, 5) is 11.6. The summed E-state index contributed by atoms with van der Waals surface area (Å²) in [5.41, 5.74) is 0. The number of hydrogen-bond donors (Lipinski definition) is 0. The first-order valence-electron chi connectivity index (χ1n) is 5.47. The van der Waals surface area contributed by atoms with E-state index in [4.69, 9.17) is 11.6 Å². The lowest BCUT2D eigenvalue weighted by atomic mass is 10.3. The van der Waals surface area contributed by atoms with E-state index in [1.165, 1.54) is 24.3 Å². The number of alkyl halides is 3. The van der Waals surface area contributed by atoms with Crippen LogP contribution in [0, 0.1) is 0 Å². The summed E-state index contributed by atoms with van der Waals surface area (Å²) in [6.07, 6.45) is -5.18. The van der Waals surface area contributed by atoms with E-state index in [1.807, 2.05) is 0 Å². The maximum atomic E-state index is 12.8. The van der Waals surface area contributed by atoms with E-state index in [0.29, 0.717) is 21.7 Å². The summed E-state index contributed by atoms with van der Waals surface area (Å²) in [5.74, 6) is -0.855. The molecule has 0 aromatic heterocycles. The maximum absolute atomic E-state index is 12.8. The van der Waals surface area contributed by atoms with Gasteiger partial charge in [0.25, 0.3) is 0 Å². The first-order valence-corrected chi connectivity index (χ1v) is 6.73. The minimum absolute atomic E-state index is 0.0645. The second kappa shape index (κ2) is 7.05. The fraction of sp³-hybridized carbons (Fsp3) is 0.417. The van der Waals surface area contributed by atoms with Gasteiger partial charge < -0.3 is 4.74 Å². The third kappa shape index (κ3) is 5.74. The Kier molecular flexibility index (Phi) is 6.00. The predicted molar refractivity (Wildman–Crippen MR) is 68.4 cm³/mol. The third-order valence-electron chi connectivity index (χ3n) is 2.11. The molecule has 1 atom stereocenters. The van der Waals surface area contributed by atoms with Crippen LogP contribution in [0.2, 0.25) is 5.02 Å². The van der Waals surface area contributed by atoms with Gasteiger partial charge in [0.05, 0.1) is 13.0 Å². The molecule has 0 saturated carbocycles. The molecule has 0 aliphatic carbocycles. The van der Waals surface area contributed by atoms with E-state index in [0.717, 1.165) is 0 Å². The van der Waals surface area contributed by atoms with Crippen LogP contribution in [0.25, 0.3) is 0 Å². The van der Waals surface area contributed by atoms with Gasteiger partial charge in [0, 0.05) is 9.92 Å². The summed E-state index contributed by atoms with van der Waals surface area (Å²) < 4.78 is 43.0. The Hall–Kier alpha value is -0.880. The highest BCUT2D eigenvalue weighted by Crippen LogP contribution is 2.37. The fourth-order valence-electron chi connectivity index (χ4n) is 1.27. The predicted octanol–water partition coefficient (Wildman–Crippen LogP) is 4.32. The number of rotatable bonds is 5. The second-order valence-corrected chi connectivity index (χ2v) is 5.32. The van der Waals surface area contributed by atoms with E-state index >= 15 is 0 Å². The molecule has 0 radical (unpaired) electrons. The van der Waals surface area contributed by atoms with Gasteiger partial charge in [-0.3, -0.25) is 4.79 Å². The van der Waals surface area contributed by atoms with Crippen molar-refractivity contribution in [2.45, 2.75) is 29.7 Å². The normalized spacial score (nSPS) is 13.1. The van der Waals surface area contributed by atoms with Crippen molar-refractivity contribution in [1.82, 2.24) is 0 Å². The Morgan fingerprint density at radius 1 is 1.37 bits per heavy atom. The minimum Gasteiger partial charge on any atom is -0.466 e. The quantitative estimate of drug-likeness (QED) is 0.598. The number of halogens is 4. The molecule has 0 N–H and O–H groups in total. The van der Waals surface area contributed by atoms with E-state index < -0.39 is 23.8 Å². The van der Waals surface area contributed by atoms with Gasteiger partial charge in [0.15, 0.2) is 0 Å². The third-order valence-corrected chi connectivity index (χ3v) is 3.63. The Labute approximate surface area is 118 Å². The van der Waals surface area contributed by atoms with Gasteiger partial charge in [-0.2, -0.15) is 13.2 Å². The minimum atomic E-state index is -4.48. The van der Waals surface area contributed by atoms with Crippen molar-refractivity contribution in [1.29, 1.82) is 0 Å². The van der Waals surface area contributed by atoms with Crippen LogP contribution in [0.3, 0.4) is 0 Å². The zero-order chi connectivity index (χ0) is 14.5. The van der Waals surface area contributed by atoms with Crippen molar-refractivity contribution >= 4 is 29.3 Å². The molecule has 0 amide bonds. The molecule has 0 saturated heterocycles. The van der Waals surface area contributed by atoms with Gasteiger partial charge in [-0.15, -0.1) is 11.8 Å². The van der Waals surface area contributed by atoms with Crippen LogP contribution in [0.5, 0.6) is 0 Å². The van der Waals surface area contributed by atoms with Gasteiger partial charge >= 0.3 is 12.1 Å². The molecular formula is C12H12ClF3O2S. The van der Waals surface area contributed by atoms with Crippen molar-refractivity contribution in [2.24, 2.45) is 0 Å². The van der Waals surface area contributed by atoms with Crippen LogP contribution in [0.1, 0.15) is 13.3 Å². The lowest BCUT2D eigenvalue weighted by Gasteiger charge is -2.19. The first kappa shape index (κ1) is 16.2. The van der Waals surface area contributed by atoms with Crippen LogP contribution < -0.4 is 0 Å². The molecule has 0 aliphatic heterocycles. The van der Waals surface area contributed by atoms with Crippen molar-refractivity contribution in [3.8, 4) is 0 Å². The standard InChI is InChI=1S/C12H12ClF3O2S/c1-2-18-11(17)7-10(12(14,15)16)19-9-5-3-8(13)4-6-9/h3-6,10H,2,7H2,1H3/t10-/m0/s1. The van der Waals surface area contributed by atoms with Crippen LogP contribution in [-0.4, -0.2) is 24.0 Å². The first-order chi connectivity index (χ1) is 8.82. The van der Waals surface area contributed by atoms with Gasteiger partial charge in [-0.05, 0) is 31.2 Å². The fourth-order valence-corrected chi connectivity index (χ4v) is 2.37. The molecule has 1 aromatic rings. The molecule has 0 heterocycles. The highest BCUT2D eigenvalue weighted by molar-refractivity contribution is 8.00. The molecule has 1 aromatic carbocycles. The van der Waals surface area contributed by atoms with E-state index in [2.05, 4.69) is 4.74 Å². The van der Waals surface area contributed by atoms with Crippen LogP contribution in [-0.2, 0) is 9.53 Å². The van der Waals surface area contributed by atoms with Crippen LogP contribution in [0.4, 0.5) is 13.2 Å². The highest BCUT2D eigenvalue weighted by Gasteiger charge is 2.42. The van der Waals surface area contributed by atoms with E-state index in [1.54, 1.807) is 6.92 Å². The number of thioether (sulfide) groups is 1. The molecule has 0 spiro atoms. The lowest BCUT2D eigenvalue weighted by molar-refractivity contribution is -0.154. The monoisotopic (exact) mass is 312 g/mol. The second-order valence-electron chi connectivity index (χ2n) is 3.61. The van der Waals surface area contributed by atoms with Crippen LogP contribution >= 0.6 is 23.4 Å². The summed E-state index contributed by atoms with van der Waals surface area (Å²) in [6, 6.07) is 5.97. The van der Waals surface area contributed by atoms with Gasteiger partial charge in [-0.25, -0.2) is 0 Å². The summed E-state index contributed by atoms with van der Waals surface area (Å²) >= 11 is 6.23. The molecule has 2 nitrogen and oxygen atoms in total. The summed E-state index contributed by atoms with van der Waals surface area (Å²) in [6.45, 7) is 1.61. The van der Waals surface area contributed by atoms with Crippen molar-refractivity contribution in [3.63, 3.8) is 0 Å². The number of carbonyl (C=O) groups excluding carboxylic acids is 1. The molecule has 0 bridgehead atoms. The summed E-state index contributed by atoms with van der Waals surface area (Å²) in [7, 11) is 0. The molecule has 0 fully saturated rings. The van der Waals surface area contributed by atoms with Gasteiger partial charge in [-0.1, -0.05) is 11.6 Å². The van der Waals surface area contributed by atoms with Gasteiger partial charge in [0.1, 0.15) is 5.25 Å². The Morgan fingerprint density at radius 2 is 1.95 bits per heavy atom. The average molecular weight is 313 g/mol. The number of benzene rings is 1. The zero-order valence-corrected chi connectivity index (χ0v) is 11.6. The van der Waals surface area contributed by atoms with Crippen molar-refractivity contribution in [2.75, 3.05) is 6.61 Å². The zero-order valence-electron chi connectivity index (χ0n) is 10.0. The summed E-state index contributed by atoms with van der Waals surface area (Å²) in [5, 5.41) is -1.38. The molecule has 1 rings (SSSR count). The molecule has 106 valence electrons. The number of carbonyl (C=O) groups is 1. The molecular weight excluding hydrogens is 301 g/mol.